The van der Waals surface area contributed by atoms with Crippen LogP contribution in [0.4, 0.5) is 13.2 Å². The van der Waals surface area contributed by atoms with Crippen molar-refractivity contribution in [3.05, 3.63) is 29.8 Å². The molecule has 1 unspecified atom stereocenters. The zero-order valence-corrected chi connectivity index (χ0v) is 11.7. The second kappa shape index (κ2) is 7.16. The third kappa shape index (κ3) is 4.82. The van der Waals surface area contributed by atoms with Crippen molar-refractivity contribution in [3.8, 4) is 5.75 Å². The number of amidine groups is 1. The van der Waals surface area contributed by atoms with Crippen molar-refractivity contribution in [2.75, 3.05) is 13.7 Å². The van der Waals surface area contributed by atoms with E-state index in [4.69, 9.17) is 15.7 Å². The van der Waals surface area contributed by atoms with E-state index in [1.165, 1.54) is 7.11 Å². The highest BCUT2D eigenvalue weighted by Crippen LogP contribution is 2.27. The van der Waals surface area contributed by atoms with Gasteiger partial charge in [0.2, 0.25) is 0 Å². The number of ether oxygens (including phenoxy) is 1. The SMILES string of the molecule is COc1cccc([C@@H](C)NCC(/C(N)=N/O)C(F)(F)F)c1. The predicted molar refractivity (Wildman–Crippen MR) is 72.4 cm³/mol. The third-order valence-electron chi connectivity index (χ3n) is 3.09. The zero-order valence-electron chi connectivity index (χ0n) is 11.7. The summed E-state index contributed by atoms with van der Waals surface area (Å²) in [5.41, 5.74) is 5.87. The first kappa shape index (κ1) is 17.1. The highest BCUT2D eigenvalue weighted by molar-refractivity contribution is 5.83. The lowest BCUT2D eigenvalue weighted by molar-refractivity contribution is -0.155. The molecule has 21 heavy (non-hydrogen) atoms. The van der Waals surface area contributed by atoms with Gasteiger partial charge < -0.3 is 21.0 Å². The van der Waals surface area contributed by atoms with Crippen molar-refractivity contribution in [2.24, 2.45) is 16.8 Å². The summed E-state index contributed by atoms with van der Waals surface area (Å²) in [5, 5.41) is 13.6. The average Bonchev–Trinajstić information content (AvgIpc) is 2.45. The van der Waals surface area contributed by atoms with Crippen LogP contribution < -0.4 is 15.8 Å². The quantitative estimate of drug-likeness (QED) is 0.326. The molecule has 0 aliphatic rings. The van der Waals surface area contributed by atoms with Gasteiger partial charge in [0.1, 0.15) is 11.7 Å². The first-order chi connectivity index (χ1) is 9.79. The van der Waals surface area contributed by atoms with Crippen LogP contribution in [0.25, 0.3) is 0 Å². The number of methoxy groups -OCH3 is 1. The van der Waals surface area contributed by atoms with E-state index in [-0.39, 0.29) is 6.04 Å². The molecule has 0 heterocycles. The Morgan fingerprint density at radius 3 is 2.67 bits per heavy atom. The Balaban J connectivity index is 2.75. The Morgan fingerprint density at radius 1 is 1.48 bits per heavy atom. The number of alkyl halides is 3. The Labute approximate surface area is 120 Å². The number of benzene rings is 1. The molecule has 0 bridgehead atoms. The van der Waals surface area contributed by atoms with Crippen LogP contribution in [0.5, 0.6) is 5.75 Å². The number of halogens is 3. The Kier molecular flexibility index (Phi) is 5.83. The van der Waals surface area contributed by atoms with E-state index in [1.807, 2.05) is 0 Å². The van der Waals surface area contributed by atoms with Crippen molar-refractivity contribution in [2.45, 2.75) is 19.1 Å². The van der Waals surface area contributed by atoms with E-state index in [0.717, 1.165) is 5.56 Å². The fourth-order valence-corrected chi connectivity index (χ4v) is 1.78. The molecule has 2 atom stereocenters. The van der Waals surface area contributed by atoms with E-state index < -0.39 is 24.5 Å². The van der Waals surface area contributed by atoms with Crippen LogP contribution in [0, 0.1) is 5.92 Å². The topological polar surface area (TPSA) is 79.9 Å². The number of hydrogen-bond donors (Lipinski definition) is 3. The van der Waals surface area contributed by atoms with E-state index in [0.29, 0.717) is 5.75 Å². The van der Waals surface area contributed by atoms with Gasteiger partial charge in [-0.3, -0.25) is 0 Å². The zero-order chi connectivity index (χ0) is 16.0. The monoisotopic (exact) mass is 305 g/mol. The van der Waals surface area contributed by atoms with Crippen LogP contribution in [0.3, 0.4) is 0 Å². The molecule has 0 amide bonds. The molecule has 0 aromatic heterocycles. The predicted octanol–water partition coefficient (Wildman–Crippen LogP) is 2.27. The minimum absolute atomic E-state index is 0.351. The molecule has 0 radical (unpaired) electrons. The van der Waals surface area contributed by atoms with Crippen molar-refractivity contribution < 1.29 is 23.1 Å². The molecule has 1 aromatic rings. The normalized spacial score (nSPS) is 15.6. The number of nitrogens with two attached hydrogens (primary N) is 1. The average molecular weight is 305 g/mol. The molecule has 5 nitrogen and oxygen atoms in total. The second-order valence-corrected chi connectivity index (χ2v) is 4.53. The van der Waals surface area contributed by atoms with Crippen LogP contribution in [0.15, 0.2) is 29.4 Å². The molecular weight excluding hydrogens is 287 g/mol. The van der Waals surface area contributed by atoms with Gasteiger partial charge in [0.15, 0.2) is 5.84 Å². The lowest BCUT2D eigenvalue weighted by atomic mass is 10.1. The first-order valence-corrected chi connectivity index (χ1v) is 6.21. The van der Waals surface area contributed by atoms with Gasteiger partial charge in [0.05, 0.1) is 7.11 Å². The second-order valence-electron chi connectivity index (χ2n) is 4.53. The van der Waals surface area contributed by atoms with Crippen LogP contribution >= 0.6 is 0 Å². The molecule has 0 fully saturated rings. The molecule has 1 aromatic carbocycles. The van der Waals surface area contributed by atoms with Crippen molar-refractivity contribution in [1.29, 1.82) is 0 Å². The third-order valence-corrected chi connectivity index (χ3v) is 3.09. The standard InChI is InChI=1S/C13H18F3N3O2/c1-8(9-4-3-5-10(6-9)21-2)18-7-11(12(17)19-20)13(14,15)16/h3-6,8,11,18,20H,7H2,1-2H3,(H2,17,19)/t8-,11?/m1/s1. The van der Waals surface area contributed by atoms with Crippen LogP contribution in [0.2, 0.25) is 0 Å². The van der Waals surface area contributed by atoms with Gasteiger partial charge in [0.25, 0.3) is 0 Å². The maximum Gasteiger partial charge on any atom is 0.400 e. The molecule has 0 spiro atoms. The smallest absolute Gasteiger partial charge is 0.400 e. The number of nitrogens with zero attached hydrogens (tertiary/aromatic N) is 1. The molecule has 8 heteroatoms. The van der Waals surface area contributed by atoms with Gasteiger partial charge in [0, 0.05) is 12.6 Å². The molecule has 0 saturated heterocycles. The fraction of sp³-hybridized carbons (Fsp3) is 0.462. The molecule has 4 N–H and O–H groups in total. The highest BCUT2D eigenvalue weighted by Gasteiger charge is 2.42. The molecule has 0 aliphatic heterocycles. The van der Waals surface area contributed by atoms with Gasteiger partial charge in [-0.25, -0.2) is 0 Å². The summed E-state index contributed by atoms with van der Waals surface area (Å²) in [6.45, 7) is 1.23. The number of nitrogens with one attached hydrogen (secondary N) is 1. The Hall–Kier alpha value is -1.96. The summed E-state index contributed by atoms with van der Waals surface area (Å²) in [5.74, 6) is -2.30. The van der Waals surface area contributed by atoms with E-state index in [2.05, 4.69) is 10.5 Å². The van der Waals surface area contributed by atoms with E-state index in [9.17, 15) is 13.2 Å². The number of rotatable bonds is 6. The van der Waals surface area contributed by atoms with Gasteiger partial charge in [-0.1, -0.05) is 17.3 Å². The van der Waals surface area contributed by atoms with Gasteiger partial charge >= 0.3 is 6.18 Å². The molecule has 1 rings (SSSR count). The van der Waals surface area contributed by atoms with Crippen molar-refractivity contribution >= 4 is 5.84 Å². The van der Waals surface area contributed by atoms with Gasteiger partial charge in [-0.05, 0) is 24.6 Å². The lowest BCUT2D eigenvalue weighted by Gasteiger charge is -2.22. The summed E-state index contributed by atoms with van der Waals surface area (Å²) in [6, 6.07) is 6.63. The summed E-state index contributed by atoms with van der Waals surface area (Å²) >= 11 is 0. The minimum Gasteiger partial charge on any atom is -0.497 e. The lowest BCUT2D eigenvalue weighted by Crippen LogP contribution is -2.43. The maximum absolute atomic E-state index is 12.8. The van der Waals surface area contributed by atoms with Gasteiger partial charge in [-0.15, -0.1) is 0 Å². The van der Waals surface area contributed by atoms with Crippen LogP contribution in [0.1, 0.15) is 18.5 Å². The Morgan fingerprint density at radius 2 is 2.14 bits per heavy atom. The first-order valence-electron chi connectivity index (χ1n) is 6.21. The maximum atomic E-state index is 12.8. The minimum atomic E-state index is -4.59. The molecule has 0 saturated carbocycles. The summed E-state index contributed by atoms with van der Waals surface area (Å²) in [6.07, 6.45) is -4.59. The van der Waals surface area contributed by atoms with E-state index in [1.54, 1.807) is 31.2 Å². The van der Waals surface area contributed by atoms with Crippen LogP contribution in [-0.4, -0.2) is 30.9 Å². The number of oxime groups is 1. The fourth-order valence-electron chi connectivity index (χ4n) is 1.78. The summed E-state index contributed by atoms with van der Waals surface area (Å²) < 4.78 is 43.5. The van der Waals surface area contributed by atoms with Crippen LogP contribution in [-0.2, 0) is 0 Å². The largest absolute Gasteiger partial charge is 0.497 e. The van der Waals surface area contributed by atoms with Gasteiger partial charge in [-0.2, -0.15) is 13.2 Å². The highest BCUT2D eigenvalue weighted by atomic mass is 19.4. The molecular formula is C13H18F3N3O2. The van der Waals surface area contributed by atoms with Crippen molar-refractivity contribution in [3.63, 3.8) is 0 Å². The molecule has 118 valence electrons. The Bertz CT molecular complexity index is 492. The van der Waals surface area contributed by atoms with E-state index >= 15 is 0 Å². The number of hydrogen-bond acceptors (Lipinski definition) is 4. The summed E-state index contributed by atoms with van der Waals surface area (Å²) in [7, 11) is 1.51. The van der Waals surface area contributed by atoms with Crippen molar-refractivity contribution in [1.82, 2.24) is 5.32 Å². The molecule has 0 aliphatic carbocycles. The summed E-state index contributed by atoms with van der Waals surface area (Å²) in [4.78, 5) is 0.